The number of rotatable bonds is 4. The van der Waals surface area contributed by atoms with Crippen LogP contribution in [0.25, 0.3) is 0 Å². The highest BCUT2D eigenvalue weighted by molar-refractivity contribution is 9.10. The van der Waals surface area contributed by atoms with Gasteiger partial charge in [0.05, 0.1) is 10.6 Å². The Morgan fingerprint density at radius 1 is 1.33 bits per heavy atom. The molecule has 0 saturated carbocycles. The lowest BCUT2D eigenvalue weighted by atomic mass is 10.2. The number of anilines is 2. The van der Waals surface area contributed by atoms with E-state index in [2.05, 4.69) is 31.5 Å². The molecule has 21 heavy (non-hydrogen) atoms. The van der Waals surface area contributed by atoms with E-state index in [1.807, 2.05) is 0 Å². The first kappa shape index (κ1) is 14.9. The van der Waals surface area contributed by atoms with E-state index in [0.717, 1.165) is 0 Å². The van der Waals surface area contributed by atoms with Crippen molar-refractivity contribution in [3.05, 3.63) is 56.7 Å². The van der Waals surface area contributed by atoms with Gasteiger partial charge in [-0.25, -0.2) is 4.98 Å². The zero-order chi connectivity index (χ0) is 15.4. The number of carbonyl (C=O) groups excluding carboxylic acids is 1. The average Bonchev–Trinajstić information content (AvgIpc) is 2.49. The van der Waals surface area contributed by atoms with Crippen LogP contribution >= 0.6 is 15.9 Å². The number of carbonyl (C=O) groups is 1. The van der Waals surface area contributed by atoms with Crippen molar-refractivity contribution in [2.75, 3.05) is 17.7 Å². The number of hydrogen-bond acceptors (Lipinski definition) is 5. The molecule has 2 N–H and O–H groups in total. The van der Waals surface area contributed by atoms with Gasteiger partial charge in [-0.2, -0.15) is 0 Å². The van der Waals surface area contributed by atoms with Crippen LogP contribution in [0, 0.1) is 10.1 Å². The maximum atomic E-state index is 12.2. The topological polar surface area (TPSA) is 97.2 Å². The van der Waals surface area contributed by atoms with Gasteiger partial charge in [-0.05, 0) is 34.1 Å². The summed E-state index contributed by atoms with van der Waals surface area (Å²) in [6.45, 7) is 0. The Hall–Kier alpha value is -2.48. The van der Waals surface area contributed by atoms with Crippen LogP contribution in [0.1, 0.15) is 10.4 Å². The fourth-order valence-electron chi connectivity index (χ4n) is 1.63. The predicted octanol–water partition coefficient (Wildman–Crippen LogP) is 3.05. The number of benzene rings is 1. The van der Waals surface area contributed by atoms with Gasteiger partial charge in [-0.3, -0.25) is 14.9 Å². The Kier molecular flexibility index (Phi) is 4.49. The molecule has 2 aromatic rings. The van der Waals surface area contributed by atoms with Crippen LogP contribution in [0.4, 0.5) is 17.2 Å². The number of amides is 1. The van der Waals surface area contributed by atoms with Crippen molar-refractivity contribution in [2.24, 2.45) is 0 Å². The molecule has 0 spiro atoms. The van der Waals surface area contributed by atoms with Gasteiger partial charge in [0.1, 0.15) is 5.82 Å². The highest BCUT2D eigenvalue weighted by Gasteiger charge is 2.13. The number of aromatic nitrogens is 1. The number of nitro groups is 1. The fourth-order valence-corrected chi connectivity index (χ4v) is 1.97. The lowest BCUT2D eigenvalue weighted by molar-refractivity contribution is -0.384. The van der Waals surface area contributed by atoms with Crippen LogP contribution < -0.4 is 10.6 Å². The summed E-state index contributed by atoms with van der Waals surface area (Å²) in [5.74, 6) is 0.177. The summed E-state index contributed by atoms with van der Waals surface area (Å²) in [5, 5.41) is 16.2. The van der Waals surface area contributed by atoms with Crippen LogP contribution in [0.15, 0.2) is 41.0 Å². The van der Waals surface area contributed by atoms with Gasteiger partial charge >= 0.3 is 0 Å². The Balaban J connectivity index is 2.26. The molecule has 0 aliphatic heterocycles. The molecule has 0 aliphatic carbocycles. The fraction of sp³-hybridized carbons (Fsp3) is 0.0769. The van der Waals surface area contributed by atoms with Gasteiger partial charge in [-0.15, -0.1) is 0 Å². The van der Waals surface area contributed by atoms with Crippen molar-refractivity contribution in [3.8, 4) is 0 Å². The average molecular weight is 351 g/mol. The molecule has 8 heteroatoms. The molecule has 0 fully saturated rings. The number of nitro benzene ring substituents is 1. The monoisotopic (exact) mass is 350 g/mol. The molecule has 1 heterocycles. The third-order valence-corrected chi connectivity index (χ3v) is 3.38. The first-order valence-electron chi connectivity index (χ1n) is 5.90. The highest BCUT2D eigenvalue weighted by atomic mass is 79.9. The molecular weight excluding hydrogens is 340 g/mol. The van der Waals surface area contributed by atoms with Crippen LogP contribution in [0.2, 0.25) is 0 Å². The number of pyridine rings is 1. The van der Waals surface area contributed by atoms with Crippen LogP contribution in [-0.4, -0.2) is 22.9 Å². The molecule has 0 saturated heterocycles. The molecule has 1 aromatic carbocycles. The molecule has 2 rings (SSSR count). The summed E-state index contributed by atoms with van der Waals surface area (Å²) in [4.78, 5) is 26.4. The minimum absolute atomic E-state index is 0.0980. The summed E-state index contributed by atoms with van der Waals surface area (Å²) in [7, 11) is 1.70. The largest absolute Gasteiger partial charge is 0.373 e. The molecular formula is C13H11BrN4O3. The van der Waals surface area contributed by atoms with E-state index in [0.29, 0.717) is 21.5 Å². The van der Waals surface area contributed by atoms with Gasteiger partial charge in [0.25, 0.3) is 11.6 Å². The third-order valence-electron chi connectivity index (χ3n) is 2.69. The van der Waals surface area contributed by atoms with Gasteiger partial charge in [0.2, 0.25) is 0 Å². The first-order chi connectivity index (χ1) is 10.0. The predicted molar refractivity (Wildman–Crippen MR) is 82.5 cm³/mol. The minimum Gasteiger partial charge on any atom is -0.373 e. The molecule has 7 nitrogen and oxygen atoms in total. The van der Waals surface area contributed by atoms with E-state index < -0.39 is 4.92 Å². The number of halogens is 1. The lowest BCUT2D eigenvalue weighted by Crippen LogP contribution is -2.13. The van der Waals surface area contributed by atoms with E-state index in [4.69, 9.17) is 0 Å². The summed E-state index contributed by atoms with van der Waals surface area (Å²) in [5.41, 5.74) is 0.629. The smallest absolute Gasteiger partial charge is 0.271 e. The minimum atomic E-state index is -0.520. The Morgan fingerprint density at radius 2 is 2.10 bits per heavy atom. The van der Waals surface area contributed by atoms with Gasteiger partial charge in [0, 0.05) is 35.4 Å². The quantitative estimate of drug-likeness (QED) is 0.652. The molecule has 0 atom stereocenters. The molecule has 1 aromatic heterocycles. The molecule has 108 valence electrons. The van der Waals surface area contributed by atoms with E-state index >= 15 is 0 Å². The zero-order valence-electron chi connectivity index (χ0n) is 11.0. The summed E-state index contributed by atoms with van der Waals surface area (Å²) in [6, 6.07) is 7.30. The van der Waals surface area contributed by atoms with Crippen LogP contribution in [0.3, 0.4) is 0 Å². The van der Waals surface area contributed by atoms with Gasteiger partial charge in [-0.1, -0.05) is 0 Å². The lowest BCUT2D eigenvalue weighted by Gasteiger charge is -2.08. The van der Waals surface area contributed by atoms with Crippen LogP contribution in [0.5, 0.6) is 0 Å². The van der Waals surface area contributed by atoms with E-state index in [-0.39, 0.29) is 11.6 Å². The van der Waals surface area contributed by atoms with Crippen molar-refractivity contribution in [2.45, 2.75) is 0 Å². The number of nitrogens with one attached hydrogen (secondary N) is 2. The van der Waals surface area contributed by atoms with Crippen molar-refractivity contribution in [1.82, 2.24) is 4.98 Å². The maximum Gasteiger partial charge on any atom is 0.271 e. The normalized spacial score (nSPS) is 10.0. The first-order valence-corrected chi connectivity index (χ1v) is 6.69. The molecule has 1 amide bonds. The Morgan fingerprint density at radius 3 is 2.76 bits per heavy atom. The second kappa shape index (κ2) is 6.31. The SMILES string of the molecule is CNc1cc(C(=O)Nc2cc([N+](=O)[O-])ccc2Br)ccn1. The second-order valence-corrected chi connectivity index (χ2v) is 4.91. The van der Waals surface area contributed by atoms with Crippen LogP contribution in [-0.2, 0) is 0 Å². The molecule has 0 aliphatic rings. The van der Waals surface area contributed by atoms with Gasteiger partial charge < -0.3 is 10.6 Å². The summed E-state index contributed by atoms with van der Waals surface area (Å²) >= 11 is 3.25. The molecule has 0 bridgehead atoms. The highest BCUT2D eigenvalue weighted by Crippen LogP contribution is 2.27. The van der Waals surface area contributed by atoms with E-state index in [1.54, 1.807) is 19.2 Å². The van der Waals surface area contributed by atoms with Crippen molar-refractivity contribution in [3.63, 3.8) is 0 Å². The molecule has 0 unspecified atom stereocenters. The zero-order valence-corrected chi connectivity index (χ0v) is 12.5. The number of nitrogens with zero attached hydrogens (tertiary/aromatic N) is 2. The standard InChI is InChI=1S/C13H11BrN4O3/c1-15-12-6-8(4-5-16-12)13(19)17-11-7-9(18(20)21)2-3-10(11)14/h2-7H,1H3,(H,15,16)(H,17,19). The number of non-ortho nitro benzene ring substituents is 1. The van der Waals surface area contributed by atoms with Crippen molar-refractivity contribution in [1.29, 1.82) is 0 Å². The van der Waals surface area contributed by atoms with E-state index in [9.17, 15) is 14.9 Å². The molecule has 0 radical (unpaired) electrons. The van der Waals surface area contributed by atoms with Crippen molar-refractivity contribution >= 4 is 39.0 Å². The summed E-state index contributed by atoms with van der Waals surface area (Å²) < 4.78 is 0.560. The second-order valence-electron chi connectivity index (χ2n) is 4.06. The van der Waals surface area contributed by atoms with E-state index in [1.165, 1.54) is 24.4 Å². The number of hydrogen-bond donors (Lipinski definition) is 2. The third kappa shape index (κ3) is 3.54. The maximum absolute atomic E-state index is 12.2. The van der Waals surface area contributed by atoms with Gasteiger partial charge in [0.15, 0.2) is 0 Å². The Labute approximate surface area is 128 Å². The summed E-state index contributed by atoms with van der Waals surface area (Å²) in [6.07, 6.45) is 1.50. The van der Waals surface area contributed by atoms with Crippen molar-refractivity contribution < 1.29 is 9.72 Å². The Bertz CT molecular complexity index is 706.